The van der Waals surface area contributed by atoms with Gasteiger partial charge in [-0.1, -0.05) is 20.3 Å². The fraction of sp³-hybridized carbons (Fsp3) is 0.786. The summed E-state index contributed by atoms with van der Waals surface area (Å²) in [6.07, 6.45) is 2.63. The summed E-state index contributed by atoms with van der Waals surface area (Å²) in [6, 6.07) is -0.564. The molecule has 0 heterocycles. The molecule has 0 rings (SSSR count). The highest BCUT2D eigenvalue weighted by molar-refractivity contribution is 5.89. The van der Waals surface area contributed by atoms with Crippen LogP contribution in [0.25, 0.3) is 0 Å². The van der Waals surface area contributed by atoms with E-state index in [1.165, 1.54) is 6.92 Å². The summed E-state index contributed by atoms with van der Waals surface area (Å²) in [6.45, 7) is 5.83. The van der Waals surface area contributed by atoms with Crippen LogP contribution in [0.4, 0.5) is 0 Å². The van der Waals surface area contributed by atoms with Crippen LogP contribution in [0.3, 0.4) is 0 Å². The molecule has 1 atom stereocenters. The SMILES string of the molecule is CC(=O)C(CCN)NC(=O)CNC(=O)CCCC(C)C. The number of nitrogens with one attached hydrogen (secondary N) is 2. The Balaban J connectivity index is 3.91. The van der Waals surface area contributed by atoms with E-state index in [0.29, 0.717) is 25.3 Å². The standard InChI is InChI=1S/C14H27N3O3/c1-10(2)5-4-6-13(19)16-9-14(20)17-12(7-8-15)11(3)18/h10,12H,4-9,15H2,1-3H3,(H,16,19)(H,17,20). The summed E-state index contributed by atoms with van der Waals surface area (Å²) in [4.78, 5) is 34.4. The molecule has 20 heavy (non-hydrogen) atoms. The molecular formula is C14H27N3O3. The lowest BCUT2D eigenvalue weighted by Crippen LogP contribution is -2.45. The van der Waals surface area contributed by atoms with Crippen LogP contribution < -0.4 is 16.4 Å². The minimum Gasteiger partial charge on any atom is -0.347 e. The normalized spacial score (nSPS) is 12.1. The summed E-state index contributed by atoms with van der Waals surface area (Å²) in [5, 5.41) is 5.11. The number of Topliss-reactive ketones (excluding diaryl/α,β-unsaturated/α-hetero) is 1. The van der Waals surface area contributed by atoms with E-state index in [0.717, 1.165) is 12.8 Å². The summed E-state index contributed by atoms with van der Waals surface area (Å²) in [7, 11) is 0. The predicted octanol–water partition coefficient (Wildman–Crippen LogP) is 0.352. The van der Waals surface area contributed by atoms with E-state index in [2.05, 4.69) is 24.5 Å². The summed E-state index contributed by atoms with van der Waals surface area (Å²) in [5.41, 5.74) is 5.37. The van der Waals surface area contributed by atoms with Crippen LogP contribution in [0.1, 0.15) is 46.5 Å². The van der Waals surface area contributed by atoms with Gasteiger partial charge >= 0.3 is 0 Å². The molecule has 0 spiro atoms. The van der Waals surface area contributed by atoms with Crippen molar-refractivity contribution >= 4 is 17.6 Å². The Morgan fingerprint density at radius 2 is 1.75 bits per heavy atom. The van der Waals surface area contributed by atoms with Crippen LogP contribution in [-0.2, 0) is 14.4 Å². The van der Waals surface area contributed by atoms with E-state index in [1.807, 2.05) is 0 Å². The molecule has 6 heteroatoms. The Morgan fingerprint density at radius 3 is 2.25 bits per heavy atom. The van der Waals surface area contributed by atoms with E-state index in [1.54, 1.807) is 0 Å². The van der Waals surface area contributed by atoms with Crippen molar-refractivity contribution in [3.8, 4) is 0 Å². The molecule has 116 valence electrons. The number of rotatable bonds is 10. The second kappa shape index (κ2) is 10.4. The predicted molar refractivity (Wildman–Crippen MR) is 78.0 cm³/mol. The Morgan fingerprint density at radius 1 is 1.10 bits per heavy atom. The van der Waals surface area contributed by atoms with Crippen molar-refractivity contribution in [2.75, 3.05) is 13.1 Å². The Hall–Kier alpha value is -1.43. The van der Waals surface area contributed by atoms with Gasteiger partial charge in [0.15, 0.2) is 5.78 Å². The zero-order valence-electron chi connectivity index (χ0n) is 12.7. The van der Waals surface area contributed by atoms with Crippen LogP contribution in [-0.4, -0.2) is 36.7 Å². The van der Waals surface area contributed by atoms with Gasteiger partial charge < -0.3 is 16.4 Å². The molecule has 0 aromatic carbocycles. The van der Waals surface area contributed by atoms with Gasteiger partial charge in [-0.3, -0.25) is 14.4 Å². The summed E-state index contributed by atoms with van der Waals surface area (Å²) in [5.74, 6) is -0.0689. The van der Waals surface area contributed by atoms with Crippen molar-refractivity contribution < 1.29 is 14.4 Å². The second-order valence-electron chi connectivity index (χ2n) is 5.37. The first-order chi connectivity index (χ1) is 9.36. The van der Waals surface area contributed by atoms with Crippen molar-refractivity contribution in [2.45, 2.75) is 52.5 Å². The lowest BCUT2D eigenvalue weighted by molar-refractivity contribution is -0.128. The molecular weight excluding hydrogens is 258 g/mol. The highest BCUT2D eigenvalue weighted by atomic mass is 16.2. The van der Waals surface area contributed by atoms with Gasteiger partial charge in [-0.05, 0) is 32.2 Å². The van der Waals surface area contributed by atoms with Gasteiger partial charge in [-0.15, -0.1) is 0 Å². The number of nitrogens with two attached hydrogens (primary N) is 1. The highest BCUT2D eigenvalue weighted by Gasteiger charge is 2.16. The molecule has 0 radical (unpaired) electrons. The first-order valence-electron chi connectivity index (χ1n) is 7.13. The topological polar surface area (TPSA) is 101 Å². The van der Waals surface area contributed by atoms with Gasteiger partial charge in [0.1, 0.15) is 0 Å². The first kappa shape index (κ1) is 18.6. The second-order valence-corrected chi connectivity index (χ2v) is 5.37. The monoisotopic (exact) mass is 285 g/mol. The van der Waals surface area contributed by atoms with Gasteiger partial charge in [-0.25, -0.2) is 0 Å². The summed E-state index contributed by atoms with van der Waals surface area (Å²) >= 11 is 0. The van der Waals surface area contributed by atoms with E-state index in [-0.39, 0.29) is 24.1 Å². The molecule has 0 aliphatic heterocycles. The number of hydrogen-bond acceptors (Lipinski definition) is 4. The molecule has 0 aromatic rings. The average Bonchev–Trinajstić information content (AvgIpc) is 2.35. The molecule has 0 aliphatic carbocycles. The molecule has 1 unspecified atom stereocenters. The van der Waals surface area contributed by atoms with Crippen molar-refractivity contribution in [3.63, 3.8) is 0 Å². The fourth-order valence-electron chi connectivity index (χ4n) is 1.73. The lowest BCUT2D eigenvalue weighted by atomic mass is 10.1. The van der Waals surface area contributed by atoms with E-state index in [9.17, 15) is 14.4 Å². The van der Waals surface area contributed by atoms with Gasteiger partial charge in [0.2, 0.25) is 11.8 Å². The van der Waals surface area contributed by atoms with E-state index >= 15 is 0 Å². The van der Waals surface area contributed by atoms with E-state index in [4.69, 9.17) is 5.73 Å². The van der Waals surface area contributed by atoms with Crippen LogP contribution in [0, 0.1) is 5.92 Å². The number of amides is 2. The fourth-order valence-corrected chi connectivity index (χ4v) is 1.73. The lowest BCUT2D eigenvalue weighted by Gasteiger charge is -2.15. The third-order valence-electron chi connectivity index (χ3n) is 2.91. The maximum absolute atomic E-state index is 11.6. The van der Waals surface area contributed by atoms with Crippen LogP contribution >= 0.6 is 0 Å². The minimum absolute atomic E-state index is 0.102. The Kier molecular flexibility index (Phi) is 9.63. The molecule has 0 saturated carbocycles. The molecule has 0 fully saturated rings. The Bertz CT molecular complexity index is 330. The van der Waals surface area contributed by atoms with Crippen molar-refractivity contribution in [3.05, 3.63) is 0 Å². The minimum atomic E-state index is -0.564. The largest absolute Gasteiger partial charge is 0.347 e. The quantitative estimate of drug-likeness (QED) is 0.539. The smallest absolute Gasteiger partial charge is 0.239 e. The van der Waals surface area contributed by atoms with E-state index < -0.39 is 6.04 Å². The van der Waals surface area contributed by atoms with Crippen molar-refractivity contribution in [2.24, 2.45) is 11.7 Å². The van der Waals surface area contributed by atoms with Gasteiger partial charge in [0.25, 0.3) is 0 Å². The molecule has 0 saturated heterocycles. The van der Waals surface area contributed by atoms with Crippen LogP contribution in [0.15, 0.2) is 0 Å². The average molecular weight is 285 g/mol. The number of hydrogen-bond donors (Lipinski definition) is 3. The molecule has 0 aromatic heterocycles. The number of ketones is 1. The van der Waals surface area contributed by atoms with Crippen molar-refractivity contribution in [1.82, 2.24) is 10.6 Å². The first-order valence-corrected chi connectivity index (χ1v) is 7.13. The molecule has 4 N–H and O–H groups in total. The van der Waals surface area contributed by atoms with Gasteiger partial charge in [0, 0.05) is 6.42 Å². The van der Waals surface area contributed by atoms with Crippen molar-refractivity contribution in [1.29, 1.82) is 0 Å². The molecule has 6 nitrogen and oxygen atoms in total. The third kappa shape index (κ3) is 9.49. The highest BCUT2D eigenvalue weighted by Crippen LogP contribution is 2.05. The van der Waals surface area contributed by atoms with Crippen LogP contribution in [0.5, 0.6) is 0 Å². The zero-order chi connectivity index (χ0) is 15.5. The summed E-state index contributed by atoms with van der Waals surface area (Å²) < 4.78 is 0. The number of carbonyl (C=O) groups excluding carboxylic acids is 3. The maximum Gasteiger partial charge on any atom is 0.239 e. The maximum atomic E-state index is 11.6. The van der Waals surface area contributed by atoms with Gasteiger partial charge in [-0.2, -0.15) is 0 Å². The van der Waals surface area contributed by atoms with Gasteiger partial charge in [0.05, 0.1) is 12.6 Å². The molecule has 0 bridgehead atoms. The number of carbonyl (C=O) groups is 3. The molecule has 2 amide bonds. The third-order valence-corrected chi connectivity index (χ3v) is 2.91. The zero-order valence-corrected chi connectivity index (χ0v) is 12.7. The van der Waals surface area contributed by atoms with Crippen LogP contribution in [0.2, 0.25) is 0 Å². The molecule has 0 aliphatic rings. The Labute approximate surface area is 120 Å².